The predicted molar refractivity (Wildman–Crippen MR) is 252 cm³/mol. The maximum atomic E-state index is 2.58. The standard InChI is InChI=1S/C59H51N/c1-56(2)38-57(3,4)53-37-51-47(36-52(53)56)46-35-44(32-33-48(46)58(51,5)6)60(43-27-18-22-40(34-43)39-20-10-7-11-21-39)54-31-19-30-50-55(54)45-28-16-17-29-49(45)59(50,41-23-12-8-13-24-41)42-25-14-9-15-26-42/h7-37H,38H2,1-6H3. The third kappa shape index (κ3) is 5.18. The lowest BCUT2D eigenvalue weighted by Gasteiger charge is -2.34. The van der Waals surface area contributed by atoms with Crippen LogP contribution in [0.1, 0.15) is 92.5 Å². The Morgan fingerprint density at radius 3 is 1.62 bits per heavy atom. The largest absolute Gasteiger partial charge is 0.310 e. The van der Waals surface area contributed by atoms with Crippen molar-refractivity contribution >= 4 is 17.1 Å². The van der Waals surface area contributed by atoms with E-state index in [2.05, 4.69) is 234 Å². The summed E-state index contributed by atoms with van der Waals surface area (Å²) in [6, 6.07) is 70.7. The van der Waals surface area contributed by atoms with E-state index >= 15 is 0 Å². The van der Waals surface area contributed by atoms with Gasteiger partial charge in [0.25, 0.3) is 0 Å². The molecule has 0 saturated carbocycles. The molecular weight excluding hydrogens is 723 g/mol. The normalized spacial score (nSPS) is 16.6. The van der Waals surface area contributed by atoms with Gasteiger partial charge in [0.15, 0.2) is 0 Å². The van der Waals surface area contributed by atoms with E-state index in [9.17, 15) is 0 Å². The zero-order chi connectivity index (χ0) is 41.0. The molecule has 3 aliphatic carbocycles. The van der Waals surface area contributed by atoms with Gasteiger partial charge in [-0.15, -0.1) is 0 Å². The van der Waals surface area contributed by atoms with Gasteiger partial charge in [0.1, 0.15) is 0 Å². The summed E-state index contributed by atoms with van der Waals surface area (Å²) in [7, 11) is 0. The molecule has 0 N–H and O–H groups in total. The quantitative estimate of drug-likeness (QED) is 0.163. The van der Waals surface area contributed by atoms with E-state index < -0.39 is 5.41 Å². The summed E-state index contributed by atoms with van der Waals surface area (Å²) in [5.41, 5.74) is 21.8. The van der Waals surface area contributed by atoms with Crippen LogP contribution in [-0.4, -0.2) is 0 Å². The number of fused-ring (bicyclic) bond motifs is 7. The van der Waals surface area contributed by atoms with Gasteiger partial charge in [-0.05, 0) is 126 Å². The number of rotatable bonds is 6. The molecule has 0 atom stereocenters. The average Bonchev–Trinajstić information content (AvgIpc) is 3.77. The molecule has 1 nitrogen and oxygen atoms in total. The lowest BCUT2D eigenvalue weighted by Crippen LogP contribution is -2.28. The van der Waals surface area contributed by atoms with Crippen LogP contribution in [0.4, 0.5) is 17.1 Å². The minimum Gasteiger partial charge on any atom is -0.310 e. The zero-order valence-electron chi connectivity index (χ0n) is 35.6. The van der Waals surface area contributed by atoms with Crippen molar-refractivity contribution in [2.45, 2.75) is 69.6 Å². The van der Waals surface area contributed by atoms with Crippen LogP contribution in [0, 0.1) is 0 Å². The molecule has 0 aromatic heterocycles. The molecule has 1 heteroatoms. The molecule has 3 aliphatic rings. The van der Waals surface area contributed by atoms with Crippen molar-refractivity contribution in [3.05, 3.63) is 233 Å². The maximum Gasteiger partial charge on any atom is 0.0714 e. The van der Waals surface area contributed by atoms with Crippen molar-refractivity contribution in [2.75, 3.05) is 4.90 Å². The second-order valence-electron chi connectivity index (χ2n) is 19.2. The summed E-state index contributed by atoms with van der Waals surface area (Å²) in [4.78, 5) is 2.54. The topological polar surface area (TPSA) is 3.24 Å². The van der Waals surface area contributed by atoms with Gasteiger partial charge in [-0.2, -0.15) is 0 Å². The monoisotopic (exact) mass is 773 g/mol. The van der Waals surface area contributed by atoms with Crippen LogP contribution in [-0.2, 0) is 21.7 Å². The number of hydrogen-bond acceptors (Lipinski definition) is 1. The summed E-state index contributed by atoms with van der Waals surface area (Å²) < 4.78 is 0. The molecule has 0 unspecified atom stereocenters. The Bertz CT molecular complexity index is 2930. The zero-order valence-corrected chi connectivity index (χ0v) is 35.6. The number of anilines is 3. The van der Waals surface area contributed by atoms with Crippen molar-refractivity contribution in [3.63, 3.8) is 0 Å². The van der Waals surface area contributed by atoms with Gasteiger partial charge in [-0.3, -0.25) is 0 Å². The second-order valence-corrected chi connectivity index (χ2v) is 19.2. The van der Waals surface area contributed by atoms with Crippen LogP contribution in [0.3, 0.4) is 0 Å². The highest BCUT2D eigenvalue weighted by Crippen LogP contribution is 2.61. The Labute approximate surface area is 356 Å². The highest BCUT2D eigenvalue weighted by molar-refractivity contribution is 5.98. The third-order valence-corrected chi connectivity index (χ3v) is 14.3. The van der Waals surface area contributed by atoms with Crippen LogP contribution in [0.5, 0.6) is 0 Å². The van der Waals surface area contributed by atoms with Gasteiger partial charge >= 0.3 is 0 Å². The fourth-order valence-corrected chi connectivity index (χ4v) is 11.9. The van der Waals surface area contributed by atoms with Gasteiger partial charge in [-0.25, -0.2) is 0 Å². The molecule has 0 heterocycles. The van der Waals surface area contributed by atoms with E-state index in [4.69, 9.17) is 0 Å². The van der Waals surface area contributed by atoms with Crippen molar-refractivity contribution in [1.82, 2.24) is 0 Å². The summed E-state index contributed by atoms with van der Waals surface area (Å²) in [5, 5.41) is 0. The molecule has 8 aromatic carbocycles. The van der Waals surface area contributed by atoms with Crippen LogP contribution < -0.4 is 4.90 Å². The Morgan fingerprint density at radius 1 is 0.367 bits per heavy atom. The first-order valence-corrected chi connectivity index (χ1v) is 21.6. The van der Waals surface area contributed by atoms with Crippen LogP contribution in [0.25, 0.3) is 33.4 Å². The van der Waals surface area contributed by atoms with Crippen molar-refractivity contribution < 1.29 is 0 Å². The van der Waals surface area contributed by atoms with Crippen LogP contribution in [0.2, 0.25) is 0 Å². The van der Waals surface area contributed by atoms with E-state index in [-0.39, 0.29) is 16.2 Å². The molecule has 8 aromatic rings. The SMILES string of the molecule is CC1(C)CC(C)(C)c2cc3c(cc21)-c1cc(N(c2cccc(-c4ccccc4)c2)c2cccc4c2-c2ccccc2C4(c2ccccc2)c2ccccc2)ccc1C3(C)C. The first kappa shape index (κ1) is 36.6. The molecule has 0 saturated heterocycles. The second kappa shape index (κ2) is 13.0. The predicted octanol–water partition coefficient (Wildman–Crippen LogP) is 15.5. The summed E-state index contributed by atoms with van der Waals surface area (Å²) in [6.07, 6.45) is 1.16. The van der Waals surface area contributed by atoms with E-state index in [1.807, 2.05) is 0 Å². The van der Waals surface area contributed by atoms with Crippen LogP contribution in [0.15, 0.2) is 188 Å². The Morgan fingerprint density at radius 2 is 0.917 bits per heavy atom. The van der Waals surface area contributed by atoms with Crippen molar-refractivity contribution in [1.29, 1.82) is 0 Å². The molecule has 0 aliphatic heterocycles. The third-order valence-electron chi connectivity index (χ3n) is 14.3. The highest BCUT2D eigenvalue weighted by Gasteiger charge is 2.48. The molecule has 0 amide bonds. The molecule has 11 rings (SSSR count). The lowest BCUT2D eigenvalue weighted by molar-refractivity contribution is 0.403. The number of benzene rings is 8. The summed E-state index contributed by atoms with van der Waals surface area (Å²) in [5.74, 6) is 0. The average molecular weight is 774 g/mol. The molecule has 0 bridgehead atoms. The number of hydrogen-bond donors (Lipinski definition) is 0. The van der Waals surface area contributed by atoms with Crippen molar-refractivity contribution in [2.24, 2.45) is 0 Å². The number of nitrogens with zero attached hydrogens (tertiary/aromatic N) is 1. The molecule has 0 spiro atoms. The minimum absolute atomic E-state index is 0.114. The van der Waals surface area contributed by atoms with E-state index in [0.717, 1.165) is 17.8 Å². The first-order chi connectivity index (χ1) is 29.0. The first-order valence-electron chi connectivity index (χ1n) is 21.6. The highest BCUT2D eigenvalue weighted by atomic mass is 15.1. The molecule has 0 radical (unpaired) electrons. The van der Waals surface area contributed by atoms with Gasteiger partial charge in [0.05, 0.1) is 11.1 Å². The van der Waals surface area contributed by atoms with Gasteiger partial charge in [-0.1, -0.05) is 193 Å². The fraction of sp³-hybridized carbons (Fsp3) is 0.186. The van der Waals surface area contributed by atoms with E-state index in [1.54, 1.807) is 0 Å². The van der Waals surface area contributed by atoms with E-state index in [0.29, 0.717) is 0 Å². The maximum absolute atomic E-state index is 2.58. The minimum atomic E-state index is -0.496. The molecule has 60 heavy (non-hydrogen) atoms. The molecule has 0 fully saturated rings. The Kier molecular flexibility index (Phi) is 7.95. The van der Waals surface area contributed by atoms with Gasteiger partial charge in [0, 0.05) is 22.4 Å². The summed E-state index contributed by atoms with van der Waals surface area (Å²) in [6.45, 7) is 14.6. The van der Waals surface area contributed by atoms with Crippen LogP contribution >= 0.6 is 0 Å². The molecule has 292 valence electrons. The van der Waals surface area contributed by atoms with E-state index in [1.165, 1.54) is 83.6 Å². The lowest BCUT2D eigenvalue weighted by atomic mass is 9.68. The smallest absolute Gasteiger partial charge is 0.0714 e. The van der Waals surface area contributed by atoms with Crippen molar-refractivity contribution in [3.8, 4) is 33.4 Å². The fourth-order valence-electron chi connectivity index (χ4n) is 11.9. The Balaban J connectivity index is 1.19. The Hall–Kier alpha value is -6.44. The van der Waals surface area contributed by atoms with Gasteiger partial charge in [0.2, 0.25) is 0 Å². The summed E-state index contributed by atoms with van der Waals surface area (Å²) >= 11 is 0. The molecular formula is C59H51N. The van der Waals surface area contributed by atoms with Gasteiger partial charge < -0.3 is 4.90 Å².